The Labute approximate surface area is 125 Å². The van der Waals surface area contributed by atoms with Gasteiger partial charge < -0.3 is 10.1 Å². The molecule has 1 N–H and O–H groups in total. The van der Waals surface area contributed by atoms with Crippen molar-refractivity contribution >= 4 is 11.6 Å². The van der Waals surface area contributed by atoms with Crippen LogP contribution in [0.5, 0.6) is 5.75 Å². The molecule has 1 aromatic heterocycles. The summed E-state index contributed by atoms with van der Waals surface area (Å²) in [6.07, 6.45) is 3.35. The molecule has 0 saturated carbocycles. The van der Waals surface area contributed by atoms with E-state index < -0.39 is 6.10 Å². The van der Waals surface area contributed by atoms with Gasteiger partial charge in [0.05, 0.1) is 11.9 Å². The van der Waals surface area contributed by atoms with Crippen molar-refractivity contribution in [3.63, 3.8) is 0 Å². The van der Waals surface area contributed by atoms with Gasteiger partial charge in [0, 0.05) is 6.20 Å². The number of carbonyl (C=O) groups is 1. The van der Waals surface area contributed by atoms with Crippen LogP contribution in [-0.2, 0) is 4.79 Å². The lowest BCUT2D eigenvalue weighted by Gasteiger charge is -2.19. The van der Waals surface area contributed by atoms with Crippen LogP contribution in [0.3, 0.4) is 0 Å². The van der Waals surface area contributed by atoms with Crippen molar-refractivity contribution in [1.29, 1.82) is 0 Å². The molecule has 0 saturated heterocycles. The van der Waals surface area contributed by atoms with Crippen LogP contribution < -0.4 is 10.1 Å². The summed E-state index contributed by atoms with van der Waals surface area (Å²) in [4.78, 5) is 16.3. The summed E-state index contributed by atoms with van der Waals surface area (Å²) in [5.41, 5.74) is 2.80. The lowest BCUT2D eigenvalue weighted by molar-refractivity contribution is -0.122. The number of hydrogen-bond donors (Lipinski definition) is 1. The zero-order valence-corrected chi connectivity index (χ0v) is 12.6. The maximum atomic E-state index is 12.3. The lowest BCUT2D eigenvalue weighted by Crippen LogP contribution is -2.32. The van der Waals surface area contributed by atoms with Crippen molar-refractivity contribution in [3.8, 4) is 5.75 Å². The third-order valence-corrected chi connectivity index (χ3v) is 3.21. The summed E-state index contributed by atoms with van der Waals surface area (Å²) in [5.74, 6) is 0.592. The maximum Gasteiger partial charge on any atom is 0.265 e. The van der Waals surface area contributed by atoms with Gasteiger partial charge >= 0.3 is 0 Å². The number of carbonyl (C=O) groups excluding carboxylic acids is 1. The molecule has 0 unspecified atom stereocenters. The Morgan fingerprint density at radius 2 is 2.14 bits per heavy atom. The Bertz CT molecular complexity index is 611. The molecule has 2 aromatic rings. The van der Waals surface area contributed by atoms with E-state index in [0.29, 0.717) is 12.1 Å². The van der Waals surface area contributed by atoms with E-state index in [-0.39, 0.29) is 5.91 Å². The Kier molecular flexibility index (Phi) is 4.93. The number of pyridine rings is 1. The second-order valence-electron chi connectivity index (χ2n) is 5.01. The third kappa shape index (κ3) is 4.05. The highest BCUT2D eigenvalue weighted by atomic mass is 16.5. The maximum absolute atomic E-state index is 12.3. The number of nitrogens with zero attached hydrogens (tertiary/aromatic N) is 1. The quantitative estimate of drug-likeness (QED) is 0.914. The van der Waals surface area contributed by atoms with E-state index >= 15 is 0 Å². The molecule has 21 heavy (non-hydrogen) atoms. The molecular formula is C17H20N2O2. The lowest BCUT2D eigenvalue weighted by atomic mass is 10.1. The van der Waals surface area contributed by atoms with E-state index in [1.165, 1.54) is 0 Å². The summed E-state index contributed by atoms with van der Waals surface area (Å²) >= 11 is 0. The summed E-state index contributed by atoms with van der Waals surface area (Å²) in [6, 6.07) is 9.56. The smallest absolute Gasteiger partial charge is 0.265 e. The van der Waals surface area contributed by atoms with Gasteiger partial charge in [-0.15, -0.1) is 0 Å². The van der Waals surface area contributed by atoms with Gasteiger partial charge in [-0.2, -0.15) is 0 Å². The van der Waals surface area contributed by atoms with E-state index in [4.69, 9.17) is 4.74 Å². The number of ether oxygens (including phenoxy) is 1. The minimum Gasteiger partial charge on any atom is -0.480 e. The number of nitrogens with one attached hydrogen (secondary N) is 1. The summed E-state index contributed by atoms with van der Waals surface area (Å²) < 4.78 is 5.88. The highest BCUT2D eigenvalue weighted by Gasteiger charge is 2.19. The van der Waals surface area contributed by atoms with Crippen molar-refractivity contribution in [3.05, 3.63) is 53.9 Å². The first-order chi connectivity index (χ1) is 10.1. The van der Waals surface area contributed by atoms with Gasteiger partial charge in [-0.05, 0) is 49.6 Å². The van der Waals surface area contributed by atoms with Gasteiger partial charge in [0.15, 0.2) is 6.10 Å². The number of benzene rings is 1. The SMILES string of the molecule is CC[C@H](Oc1cc(C)ccc1C)C(=O)Nc1cccnc1. The number of rotatable bonds is 5. The molecule has 0 aliphatic carbocycles. The number of anilines is 1. The van der Waals surface area contributed by atoms with Gasteiger partial charge in [-0.1, -0.05) is 19.1 Å². The number of hydrogen-bond acceptors (Lipinski definition) is 3. The number of aromatic nitrogens is 1. The predicted molar refractivity (Wildman–Crippen MR) is 83.5 cm³/mol. The number of aryl methyl sites for hydroxylation is 2. The van der Waals surface area contributed by atoms with Gasteiger partial charge in [-0.25, -0.2) is 0 Å². The van der Waals surface area contributed by atoms with Gasteiger partial charge in [0.2, 0.25) is 0 Å². The second-order valence-corrected chi connectivity index (χ2v) is 5.01. The third-order valence-electron chi connectivity index (χ3n) is 3.21. The van der Waals surface area contributed by atoms with E-state index in [9.17, 15) is 4.79 Å². The monoisotopic (exact) mass is 284 g/mol. The first-order valence-corrected chi connectivity index (χ1v) is 7.05. The summed E-state index contributed by atoms with van der Waals surface area (Å²) in [5, 5.41) is 2.82. The summed E-state index contributed by atoms with van der Waals surface area (Å²) in [6.45, 7) is 5.90. The fourth-order valence-electron chi connectivity index (χ4n) is 1.97. The average molecular weight is 284 g/mol. The first kappa shape index (κ1) is 15.0. The van der Waals surface area contributed by atoms with Crippen LogP contribution in [0.2, 0.25) is 0 Å². The van der Waals surface area contributed by atoms with Crippen molar-refractivity contribution in [2.45, 2.75) is 33.3 Å². The van der Waals surface area contributed by atoms with Gasteiger partial charge in [-0.3, -0.25) is 9.78 Å². The first-order valence-electron chi connectivity index (χ1n) is 7.05. The van der Waals surface area contributed by atoms with E-state index in [2.05, 4.69) is 10.3 Å². The molecule has 1 amide bonds. The van der Waals surface area contributed by atoms with E-state index in [1.807, 2.05) is 39.0 Å². The standard InChI is InChI=1S/C17H20N2O2/c1-4-15(17(20)19-14-6-5-9-18-11-14)21-16-10-12(2)7-8-13(16)3/h5-11,15H,4H2,1-3H3,(H,19,20)/t15-/m0/s1. The molecule has 4 heteroatoms. The molecular weight excluding hydrogens is 264 g/mol. The zero-order valence-electron chi connectivity index (χ0n) is 12.6. The van der Waals surface area contributed by atoms with Crippen molar-refractivity contribution in [2.24, 2.45) is 0 Å². The molecule has 1 aromatic carbocycles. The minimum atomic E-state index is -0.522. The van der Waals surface area contributed by atoms with Gasteiger partial charge in [0.25, 0.3) is 5.91 Å². The molecule has 1 atom stereocenters. The Morgan fingerprint density at radius 1 is 1.33 bits per heavy atom. The van der Waals surface area contributed by atoms with Crippen LogP contribution >= 0.6 is 0 Å². The van der Waals surface area contributed by atoms with Crippen molar-refractivity contribution in [2.75, 3.05) is 5.32 Å². The van der Waals surface area contributed by atoms with Crippen molar-refractivity contribution < 1.29 is 9.53 Å². The van der Waals surface area contributed by atoms with Crippen LogP contribution in [0.15, 0.2) is 42.7 Å². The molecule has 0 radical (unpaired) electrons. The fraction of sp³-hybridized carbons (Fsp3) is 0.294. The second kappa shape index (κ2) is 6.88. The van der Waals surface area contributed by atoms with Crippen LogP contribution in [0.25, 0.3) is 0 Å². The molecule has 0 spiro atoms. The van der Waals surface area contributed by atoms with E-state index in [0.717, 1.165) is 16.9 Å². The molecule has 1 heterocycles. The average Bonchev–Trinajstić information content (AvgIpc) is 2.49. The highest BCUT2D eigenvalue weighted by molar-refractivity contribution is 5.94. The molecule has 0 fully saturated rings. The van der Waals surface area contributed by atoms with Crippen LogP contribution in [0.4, 0.5) is 5.69 Å². The molecule has 110 valence electrons. The van der Waals surface area contributed by atoms with Crippen LogP contribution in [0.1, 0.15) is 24.5 Å². The highest BCUT2D eigenvalue weighted by Crippen LogP contribution is 2.21. The Morgan fingerprint density at radius 3 is 2.81 bits per heavy atom. The fourth-order valence-corrected chi connectivity index (χ4v) is 1.97. The van der Waals surface area contributed by atoms with Crippen LogP contribution in [-0.4, -0.2) is 17.0 Å². The topological polar surface area (TPSA) is 51.2 Å². The largest absolute Gasteiger partial charge is 0.480 e. The zero-order chi connectivity index (χ0) is 15.2. The molecule has 0 aliphatic rings. The van der Waals surface area contributed by atoms with Crippen LogP contribution in [0, 0.1) is 13.8 Å². The Hall–Kier alpha value is -2.36. The summed E-state index contributed by atoms with van der Waals surface area (Å²) in [7, 11) is 0. The molecule has 0 bridgehead atoms. The predicted octanol–water partition coefficient (Wildman–Crippen LogP) is 3.49. The molecule has 2 rings (SSSR count). The minimum absolute atomic E-state index is 0.161. The number of amides is 1. The molecule has 0 aliphatic heterocycles. The van der Waals surface area contributed by atoms with E-state index in [1.54, 1.807) is 24.5 Å². The van der Waals surface area contributed by atoms with Crippen molar-refractivity contribution in [1.82, 2.24) is 4.98 Å². The molecule has 4 nitrogen and oxygen atoms in total. The van der Waals surface area contributed by atoms with Gasteiger partial charge in [0.1, 0.15) is 5.75 Å². The Balaban J connectivity index is 2.09. The normalized spacial score (nSPS) is 11.8.